The van der Waals surface area contributed by atoms with Crippen LogP contribution in [0.1, 0.15) is 44.9 Å². The minimum absolute atomic E-state index is 0. The van der Waals surface area contributed by atoms with Gasteiger partial charge in [-0.15, -0.1) is 34.2 Å². The van der Waals surface area contributed by atoms with Gasteiger partial charge in [0.1, 0.15) is 0 Å². The molecule has 8 nitrogen and oxygen atoms in total. The lowest BCUT2D eigenvalue weighted by atomic mass is 10.1. The van der Waals surface area contributed by atoms with Gasteiger partial charge >= 0.3 is 5.97 Å². The molecule has 2 N–H and O–H groups in total. The number of hydrogen-bond acceptors (Lipinski definition) is 5. The molecule has 0 fully saturated rings. The second-order valence-corrected chi connectivity index (χ2v) is 5.87. The van der Waals surface area contributed by atoms with Gasteiger partial charge in [0, 0.05) is 26.2 Å². The molecule has 2 aromatic heterocycles. The van der Waals surface area contributed by atoms with Crippen molar-refractivity contribution in [3.63, 3.8) is 0 Å². The van der Waals surface area contributed by atoms with Crippen molar-refractivity contribution in [1.29, 1.82) is 0 Å². The lowest BCUT2D eigenvalue weighted by molar-refractivity contribution is -0.143. The molecular weight excluding hydrogens is 459 g/mol. The highest BCUT2D eigenvalue weighted by atomic mass is 127. The highest BCUT2D eigenvalue weighted by Crippen LogP contribution is 2.04. The number of halogens is 1. The third kappa shape index (κ3) is 8.10. The molecule has 0 saturated carbocycles. The zero-order valence-electron chi connectivity index (χ0n) is 16.0. The first-order chi connectivity index (χ1) is 12.7. The van der Waals surface area contributed by atoms with Crippen LogP contribution in [0.4, 0.5) is 0 Å². The predicted molar refractivity (Wildman–Crippen MR) is 116 cm³/mol. The van der Waals surface area contributed by atoms with Crippen LogP contribution >= 0.6 is 24.0 Å². The molecule has 150 valence electrons. The van der Waals surface area contributed by atoms with Crippen LogP contribution < -0.4 is 10.6 Å². The van der Waals surface area contributed by atoms with Gasteiger partial charge in [-0.25, -0.2) is 0 Å². The van der Waals surface area contributed by atoms with E-state index < -0.39 is 0 Å². The number of aliphatic imine (C=N–C) groups is 1. The number of carbonyl (C=O) groups is 1. The van der Waals surface area contributed by atoms with E-state index in [1.165, 1.54) is 0 Å². The number of fused-ring (bicyclic) bond motifs is 1. The maximum absolute atomic E-state index is 11.2. The Hall–Kier alpha value is -1.91. The maximum Gasteiger partial charge on any atom is 0.305 e. The van der Waals surface area contributed by atoms with E-state index in [0.717, 1.165) is 49.7 Å². The molecule has 2 aromatic rings. The summed E-state index contributed by atoms with van der Waals surface area (Å²) in [5.41, 5.74) is 0.829. The van der Waals surface area contributed by atoms with Gasteiger partial charge in [0.15, 0.2) is 17.4 Å². The van der Waals surface area contributed by atoms with Crippen molar-refractivity contribution in [1.82, 2.24) is 25.2 Å². The van der Waals surface area contributed by atoms with Crippen molar-refractivity contribution in [3.8, 4) is 0 Å². The summed E-state index contributed by atoms with van der Waals surface area (Å²) in [7, 11) is 1.75. The third-order valence-corrected chi connectivity index (χ3v) is 3.93. The SMILES string of the molecule is CCOC(=O)CCCCCCNC(=NC)NCc1nnc2ccccn12.I. The number of nitrogens with zero attached hydrogens (tertiary/aromatic N) is 4. The summed E-state index contributed by atoms with van der Waals surface area (Å²) in [5, 5.41) is 14.9. The molecule has 0 aliphatic rings. The van der Waals surface area contributed by atoms with Crippen LogP contribution in [0.3, 0.4) is 0 Å². The summed E-state index contributed by atoms with van der Waals surface area (Å²) in [6.07, 6.45) is 6.45. The summed E-state index contributed by atoms with van der Waals surface area (Å²) in [6, 6.07) is 5.81. The number of esters is 1. The molecule has 0 aromatic carbocycles. The number of rotatable bonds is 10. The van der Waals surface area contributed by atoms with Gasteiger partial charge in [-0.1, -0.05) is 18.9 Å². The molecule has 0 radical (unpaired) electrons. The standard InChI is InChI=1S/C18H28N6O2.HI/c1-3-26-17(25)11-6-4-5-8-12-20-18(19-2)21-14-16-23-22-15-10-7-9-13-24(15)16;/h7,9-10,13H,3-6,8,11-12,14H2,1-2H3,(H2,19,20,21);1H. The van der Waals surface area contributed by atoms with Crippen molar-refractivity contribution in [2.45, 2.75) is 45.6 Å². The summed E-state index contributed by atoms with van der Waals surface area (Å²) >= 11 is 0. The molecule has 9 heteroatoms. The van der Waals surface area contributed by atoms with E-state index in [9.17, 15) is 4.79 Å². The molecule has 0 spiro atoms. The second-order valence-electron chi connectivity index (χ2n) is 5.87. The number of pyridine rings is 1. The number of ether oxygens (including phenoxy) is 1. The van der Waals surface area contributed by atoms with Crippen LogP contribution in [0.25, 0.3) is 5.65 Å². The van der Waals surface area contributed by atoms with Crippen molar-refractivity contribution < 1.29 is 9.53 Å². The zero-order valence-corrected chi connectivity index (χ0v) is 18.3. The Bertz CT molecular complexity index is 719. The van der Waals surface area contributed by atoms with E-state index in [2.05, 4.69) is 25.8 Å². The molecule has 2 heterocycles. The van der Waals surface area contributed by atoms with Crippen LogP contribution in [-0.2, 0) is 16.1 Å². The van der Waals surface area contributed by atoms with Crippen molar-refractivity contribution >= 4 is 41.6 Å². The molecule has 0 atom stereocenters. The first-order valence-electron chi connectivity index (χ1n) is 9.13. The molecule has 2 rings (SSSR count). The second kappa shape index (κ2) is 13.3. The molecule has 0 aliphatic carbocycles. The van der Waals surface area contributed by atoms with E-state index in [0.29, 0.717) is 19.6 Å². The number of hydrogen-bond donors (Lipinski definition) is 2. The molecule has 0 unspecified atom stereocenters. The average molecular weight is 488 g/mol. The summed E-state index contributed by atoms with van der Waals surface area (Å²) in [5.74, 6) is 1.47. The number of unbranched alkanes of at least 4 members (excludes halogenated alkanes) is 3. The molecule has 0 aliphatic heterocycles. The van der Waals surface area contributed by atoms with Crippen molar-refractivity contribution in [2.75, 3.05) is 20.2 Å². The number of guanidine groups is 1. The van der Waals surface area contributed by atoms with Crippen LogP contribution in [-0.4, -0.2) is 46.7 Å². The maximum atomic E-state index is 11.2. The first kappa shape index (κ1) is 23.1. The van der Waals surface area contributed by atoms with Crippen LogP contribution in [0.2, 0.25) is 0 Å². The van der Waals surface area contributed by atoms with E-state index >= 15 is 0 Å². The Morgan fingerprint density at radius 3 is 2.78 bits per heavy atom. The quantitative estimate of drug-likeness (QED) is 0.176. The lowest BCUT2D eigenvalue weighted by Crippen LogP contribution is -2.37. The largest absolute Gasteiger partial charge is 0.466 e. The summed E-state index contributed by atoms with van der Waals surface area (Å²) < 4.78 is 6.86. The minimum Gasteiger partial charge on any atom is -0.466 e. The van der Waals surface area contributed by atoms with Gasteiger partial charge in [-0.2, -0.15) is 0 Å². The Kier molecular flexibility index (Phi) is 11.4. The van der Waals surface area contributed by atoms with Gasteiger partial charge in [0.25, 0.3) is 0 Å². The van der Waals surface area contributed by atoms with Gasteiger partial charge in [0.2, 0.25) is 0 Å². The number of aromatic nitrogens is 3. The molecule has 0 saturated heterocycles. The van der Waals surface area contributed by atoms with Gasteiger partial charge in [-0.05, 0) is 31.9 Å². The zero-order chi connectivity index (χ0) is 18.6. The Balaban J connectivity index is 0.00000364. The Morgan fingerprint density at radius 1 is 1.19 bits per heavy atom. The lowest BCUT2D eigenvalue weighted by Gasteiger charge is -2.11. The minimum atomic E-state index is -0.101. The fourth-order valence-corrected chi connectivity index (χ4v) is 2.58. The van der Waals surface area contributed by atoms with Crippen molar-refractivity contribution in [2.24, 2.45) is 4.99 Å². The van der Waals surface area contributed by atoms with Gasteiger partial charge in [0.05, 0.1) is 13.2 Å². The third-order valence-electron chi connectivity index (χ3n) is 3.93. The summed E-state index contributed by atoms with van der Waals surface area (Å²) in [4.78, 5) is 15.5. The smallest absolute Gasteiger partial charge is 0.305 e. The topological polar surface area (TPSA) is 92.9 Å². The van der Waals surface area contributed by atoms with Gasteiger partial charge < -0.3 is 15.4 Å². The normalized spacial score (nSPS) is 11.1. The fraction of sp³-hybridized carbons (Fsp3) is 0.556. The average Bonchev–Trinajstić information content (AvgIpc) is 3.07. The number of carbonyl (C=O) groups excluding carboxylic acids is 1. The highest BCUT2D eigenvalue weighted by Gasteiger charge is 2.05. The van der Waals surface area contributed by atoms with Gasteiger partial charge in [-0.3, -0.25) is 14.2 Å². The molecule has 0 bridgehead atoms. The summed E-state index contributed by atoms with van der Waals surface area (Å²) in [6.45, 7) is 3.67. The highest BCUT2D eigenvalue weighted by molar-refractivity contribution is 14.0. The molecule has 27 heavy (non-hydrogen) atoms. The van der Waals surface area contributed by atoms with Crippen LogP contribution in [0.5, 0.6) is 0 Å². The van der Waals surface area contributed by atoms with E-state index in [1.54, 1.807) is 7.05 Å². The van der Waals surface area contributed by atoms with E-state index in [1.807, 2.05) is 35.7 Å². The fourth-order valence-electron chi connectivity index (χ4n) is 2.58. The van der Waals surface area contributed by atoms with E-state index in [4.69, 9.17) is 4.74 Å². The Labute approximate surface area is 177 Å². The van der Waals surface area contributed by atoms with E-state index in [-0.39, 0.29) is 29.9 Å². The molecular formula is C18H29IN6O2. The molecule has 0 amide bonds. The van der Waals surface area contributed by atoms with Crippen molar-refractivity contribution in [3.05, 3.63) is 30.2 Å². The van der Waals surface area contributed by atoms with Crippen LogP contribution in [0.15, 0.2) is 29.4 Å². The Morgan fingerprint density at radius 2 is 2.00 bits per heavy atom. The first-order valence-corrected chi connectivity index (χ1v) is 9.13. The number of nitrogens with one attached hydrogen (secondary N) is 2. The van der Waals surface area contributed by atoms with Crippen LogP contribution in [0, 0.1) is 0 Å². The monoisotopic (exact) mass is 488 g/mol. The predicted octanol–water partition coefficient (Wildman–Crippen LogP) is 2.53.